The molecule has 0 spiro atoms. The summed E-state index contributed by atoms with van der Waals surface area (Å²) in [6, 6.07) is 27.2. The van der Waals surface area contributed by atoms with E-state index in [9.17, 15) is 4.79 Å². The van der Waals surface area contributed by atoms with Gasteiger partial charge in [-0.3, -0.25) is 4.79 Å². The van der Waals surface area contributed by atoms with Crippen molar-refractivity contribution in [3.05, 3.63) is 95.2 Å². The quantitative estimate of drug-likeness (QED) is 0.489. The third kappa shape index (κ3) is 2.99. The van der Waals surface area contributed by atoms with Crippen molar-refractivity contribution in [3.63, 3.8) is 0 Å². The van der Waals surface area contributed by atoms with Gasteiger partial charge in [-0.1, -0.05) is 54.2 Å². The molecule has 0 bridgehead atoms. The van der Waals surface area contributed by atoms with Gasteiger partial charge in [-0.25, -0.2) is 0 Å². The molecule has 0 atom stereocenters. The van der Waals surface area contributed by atoms with E-state index in [1.807, 2.05) is 60.7 Å². The molecule has 0 amide bonds. The lowest BCUT2D eigenvalue weighted by Crippen LogP contribution is -1.99. The molecular weight excluding hydrogens is 316 g/mol. The van der Waals surface area contributed by atoms with Gasteiger partial charge in [-0.15, -0.1) is 0 Å². The summed E-state index contributed by atoms with van der Waals surface area (Å²) in [5.41, 5.74) is 1.49. The Kier molecular flexibility index (Phi) is 3.93. The van der Waals surface area contributed by atoms with Crippen molar-refractivity contribution in [2.45, 2.75) is 9.79 Å². The Morgan fingerprint density at radius 3 is 2.17 bits per heavy atom. The van der Waals surface area contributed by atoms with Gasteiger partial charge in [0.25, 0.3) is 0 Å². The molecule has 1 aromatic heterocycles. The molecular formula is C21H14O2S. The van der Waals surface area contributed by atoms with E-state index in [2.05, 4.69) is 12.1 Å². The Bertz CT molecular complexity index is 1030. The zero-order valence-electron chi connectivity index (χ0n) is 12.8. The zero-order chi connectivity index (χ0) is 16.4. The van der Waals surface area contributed by atoms with Crippen molar-refractivity contribution in [2.24, 2.45) is 0 Å². The molecule has 0 aliphatic carbocycles. The van der Waals surface area contributed by atoms with Gasteiger partial charge in [0, 0.05) is 21.4 Å². The fourth-order valence-corrected chi connectivity index (χ4v) is 3.40. The van der Waals surface area contributed by atoms with Crippen LogP contribution in [0.4, 0.5) is 0 Å². The van der Waals surface area contributed by atoms with Gasteiger partial charge in [0.05, 0.1) is 5.39 Å². The van der Waals surface area contributed by atoms with E-state index in [1.165, 1.54) is 4.90 Å². The highest BCUT2D eigenvalue weighted by Gasteiger charge is 2.06. The fraction of sp³-hybridized carbons (Fsp3) is 0. The lowest BCUT2D eigenvalue weighted by Gasteiger charge is -2.05. The van der Waals surface area contributed by atoms with Gasteiger partial charge < -0.3 is 4.42 Å². The molecule has 1 heterocycles. The minimum Gasteiger partial charge on any atom is -0.456 e. The average molecular weight is 330 g/mol. The van der Waals surface area contributed by atoms with Crippen molar-refractivity contribution >= 4 is 22.7 Å². The number of para-hydroxylation sites is 1. The SMILES string of the molecule is O=c1cc(-c2ccc(Sc3ccccc3)cc2)oc2ccccc12. The maximum atomic E-state index is 12.2. The van der Waals surface area contributed by atoms with Gasteiger partial charge >= 0.3 is 0 Å². The highest BCUT2D eigenvalue weighted by atomic mass is 32.2. The van der Waals surface area contributed by atoms with Crippen LogP contribution in [-0.4, -0.2) is 0 Å². The molecule has 0 radical (unpaired) electrons. The van der Waals surface area contributed by atoms with E-state index in [-0.39, 0.29) is 5.43 Å². The zero-order valence-corrected chi connectivity index (χ0v) is 13.6. The van der Waals surface area contributed by atoms with Crippen LogP contribution in [0.1, 0.15) is 0 Å². The third-order valence-corrected chi connectivity index (χ3v) is 4.77. The largest absolute Gasteiger partial charge is 0.456 e. The van der Waals surface area contributed by atoms with Crippen molar-refractivity contribution in [3.8, 4) is 11.3 Å². The highest BCUT2D eigenvalue weighted by Crippen LogP contribution is 2.30. The predicted octanol–water partition coefficient (Wildman–Crippen LogP) is 5.61. The molecule has 2 nitrogen and oxygen atoms in total. The van der Waals surface area contributed by atoms with Crippen LogP contribution in [0.15, 0.2) is 104 Å². The van der Waals surface area contributed by atoms with Gasteiger partial charge in [0.2, 0.25) is 0 Å². The minimum absolute atomic E-state index is 0.0189. The Morgan fingerprint density at radius 2 is 1.38 bits per heavy atom. The molecule has 4 aromatic rings. The Morgan fingerprint density at radius 1 is 0.708 bits per heavy atom. The number of hydrogen-bond acceptors (Lipinski definition) is 3. The van der Waals surface area contributed by atoms with Crippen LogP contribution < -0.4 is 5.43 Å². The van der Waals surface area contributed by atoms with Crippen LogP contribution in [0.2, 0.25) is 0 Å². The lowest BCUT2D eigenvalue weighted by molar-refractivity contribution is 0.619. The molecule has 116 valence electrons. The monoisotopic (exact) mass is 330 g/mol. The number of benzene rings is 3. The molecule has 3 aromatic carbocycles. The van der Waals surface area contributed by atoms with Gasteiger partial charge in [0.1, 0.15) is 11.3 Å². The fourth-order valence-electron chi connectivity index (χ4n) is 2.56. The molecule has 0 saturated heterocycles. The van der Waals surface area contributed by atoms with Crippen LogP contribution in [0.3, 0.4) is 0 Å². The van der Waals surface area contributed by atoms with E-state index in [0.717, 1.165) is 10.5 Å². The average Bonchev–Trinajstić information content (AvgIpc) is 2.63. The molecule has 4 rings (SSSR count). The van der Waals surface area contributed by atoms with Crippen LogP contribution >= 0.6 is 11.8 Å². The highest BCUT2D eigenvalue weighted by molar-refractivity contribution is 7.99. The number of hydrogen-bond donors (Lipinski definition) is 0. The standard InChI is InChI=1S/C21H14O2S/c22-19-14-21(23-20-9-5-4-8-18(19)20)15-10-12-17(13-11-15)24-16-6-2-1-3-7-16/h1-14H. The summed E-state index contributed by atoms with van der Waals surface area (Å²) < 4.78 is 5.88. The molecule has 0 fully saturated rings. The van der Waals surface area contributed by atoms with Crippen molar-refractivity contribution in [1.82, 2.24) is 0 Å². The summed E-state index contributed by atoms with van der Waals surface area (Å²) in [4.78, 5) is 14.6. The predicted molar refractivity (Wildman–Crippen MR) is 98.5 cm³/mol. The first-order valence-electron chi connectivity index (χ1n) is 7.66. The van der Waals surface area contributed by atoms with E-state index in [1.54, 1.807) is 23.9 Å². The maximum absolute atomic E-state index is 12.2. The van der Waals surface area contributed by atoms with Crippen molar-refractivity contribution in [2.75, 3.05) is 0 Å². The third-order valence-electron chi connectivity index (χ3n) is 3.75. The van der Waals surface area contributed by atoms with E-state index in [4.69, 9.17) is 4.42 Å². The minimum atomic E-state index is -0.0189. The van der Waals surface area contributed by atoms with E-state index in [0.29, 0.717) is 16.7 Å². The summed E-state index contributed by atoms with van der Waals surface area (Å²) in [5.74, 6) is 0.593. The maximum Gasteiger partial charge on any atom is 0.193 e. The summed E-state index contributed by atoms with van der Waals surface area (Å²) in [5, 5.41) is 0.609. The Labute approximate surface area is 143 Å². The second-order valence-electron chi connectivity index (χ2n) is 5.41. The first-order valence-corrected chi connectivity index (χ1v) is 8.47. The summed E-state index contributed by atoms with van der Waals surface area (Å²) in [6.07, 6.45) is 0. The van der Waals surface area contributed by atoms with E-state index >= 15 is 0 Å². The topological polar surface area (TPSA) is 30.2 Å². The molecule has 3 heteroatoms. The van der Waals surface area contributed by atoms with Crippen LogP contribution in [0.5, 0.6) is 0 Å². The molecule has 0 unspecified atom stereocenters. The second-order valence-corrected chi connectivity index (χ2v) is 6.56. The summed E-state index contributed by atoms with van der Waals surface area (Å²) in [6.45, 7) is 0. The van der Waals surface area contributed by atoms with Crippen LogP contribution in [0.25, 0.3) is 22.3 Å². The van der Waals surface area contributed by atoms with Crippen LogP contribution in [-0.2, 0) is 0 Å². The molecule has 0 N–H and O–H groups in total. The van der Waals surface area contributed by atoms with Gasteiger partial charge in [0.15, 0.2) is 5.43 Å². The lowest BCUT2D eigenvalue weighted by atomic mass is 10.1. The Hall–Kier alpha value is -2.78. The first kappa shape index (κ1) is 14.8. The molecule has 24 heavy (non-hydrogen) atoms. The van der Waals surface area contributed by atoms with E-state index < -0.39 is 0 Å². The molecule has 0 aliphatic heterocycles. The normalized spacial score (nSPS) is 10.8. The van der Waals surface area contributed by atoms with Crippen molar-refractivity contribution < 1.29 is 4.42 Å². The smallest absolute Gasteiger partial charge is 0.193 e. The molecule has 0 saturated carbocycles. The summed E-state index contributed by atoms with van der Waals surface area (Å²) >= 11 is 1.70. The summed E-state index contributed by atoms with van der Waals surface area (Å²) in [7, 11) is 0. The second kappa shape index (κ2) is 6.38. The van der Waals surface area contributed by atoms with Gasteiger partial charge in [-0.05, 0) is 36.4 Å². The number of fused-ring (bicyclic) bond motifs is 1. The van der Waals surface area contributed by atoms with Gasteiger partial charge in [-0.2, -0.15) is 0 Å². The first-order chi connectivity index (χ1) is 11.8. The Balaban J connectivity index is 1.67. The van der Waals surface area contributed by atoms with Crippen LogP contribution in [0, 0.1) is 0 Å². The van der Waals surface area contributed by atoms with Crippen molar-refractivity contribution in [1.29, 1.82) is 0 Å². The number of rotatable bonds is 3. The molecule has 0 aliphatic rings.